The molecule has 2 heterocycles. The summed E-state index contributed by atoms with van der Waals surface area (Å²) < 4.78 is 5.37. The molecular formula is C7H9N3O. The maximum Gasteiger partial charge on any atom is 0.182 e. The van der Waals surface area contributed by atoms with Gasteiger partial charge in [0, 0.05) is 0 Å². The Balaban J connectivity index is 2.49. The number of hydrogen-bond acceptors (Lipinski definition) is 4. The maximum atomic E-state index is 5.37. The lowest BCUT2D eigenvalue weighted by atomic mass is 10.3. The van der Waals surface area contributed by atoms with Gasteiger partial charge >= 0.3 is 0 Å². The third-order valence-electron chi connectivity index (χ3n) is 1.62. The smallest absolute Gasteiger partial charge is 0.182 e. The van der Waals surface area contributed by atoms with Crippen molar-refractivity contribution in [3.05, 3.63) is 12.0 Å². The number of anilines is 1. The van der Waals surface area contributed by atoms with Crippen LogP contribution in [-0.2, 0) is 0 Å². The van der Waals surface area contributed by atoms with Crippen LogP contribution in [0.25, 0.3) is 0 Å². The molecule has 0 atom stereocenters. The monoisotopic (exact) mass is 151 g/mol. The molecule has 1 aliphatic rings. The number of hydrogen-bond donors (Lipinski definition) is 1. The second-order valence-corrected chi connectivity index (χ2v) is 2.41. The summed E-state index contributed by atoms with van der Waals surface area (Å²) in [5.41, 5.74) is 0.891. The highest BCUT2D eigenvalue weighted by Gasteiger charge is 2.12. The SMILES string of the molecule is Cc1ncnc2c1OCCN2. The van der Waals surface area contributed by atoms with E-state index < -0.39 is 0 Å². The van der Waals surface area contributed by atoms with E-state index in [1.165, 1.54) is 6.33 Å². The largest absolute Gasteiger partial charge is 0.486 e. The fraction of sp³-hybridized carbons (Fsp3) is 0.429. The van der Waals surface area contributed by atoms with Gasteiger partial charge in [-0.2, -0.15) is 0 Å². The number of rotatable bonds is 0. The van der Waals surface area contributed by atoms with Crippen molar-refractivity contribution in [2.45, 2.75) is 6.92 Å². The van der Waals surface area contributed by atoms with E-state index in [0.717, 1.165) is 23.8 Å². The minimum absolute atomic E-state index is 0.696. The predicted octanol–water partition coefficient (Wildman–Crippen LogP) is 0.589. The van der Waals surface area contributed by atoms with Gasteiger partial charge in [0.2, 0.25) is 0 Å². The zero-order valence-electron chi connectivity index (χ0n) is 6.29. The average molecular weight is 151 g/mol. The van der Waals surface area contributed by atoms with Crippen LogP contribution in [-0.4, -0.2) is 23.1 Å². The second kappa shape index (κ2) is 2.38. The van der Waals surface area contributed by atoms with Gasteiger partial charge in [-0.15, -0.1) is 0 Å². The Morgan fingerprint density at radius 3 is 3.27 bits per heavy atom. The van der Waals surface area contributed by atoms with E-state index in [4.69, 9.17) is 4.74 Å². The summed E-state index contributed by atoms with van der Waals surface area (Å²) >= 11 is 0. The van der Waals surface area contributed by atoms with Crippen molar-refractivity contribution in [2.24, 2.45) is 0 Å². The molecule has 0 saturated carbocycles. The number of nitrogens with one attached hydrogen (secondary N) is 1. The lowest BCUT2D eigenvalue weighted by Gasteiger charge is -2.18. The standard InChI is InChI=1S/C7H9N3O/c1-5-6-7(10-4-9-5)8-2-3-11-6/h4H,2-3H2,1H3,(H,8,9,10). The predicted molar refractivity (Wildman–Crippen MR) is 40.8 cm³/mol. The topological polar surface area (TPSA) is 47.0 Å². The molecule has 0 amide bonds. The Morgan fingerprint density at radius 2 is 2.45 bits per heavy atom. The zero-order chi connectivity index (χ0) is 7.68. The molecule has 58 valence electrons. The Kier molecular flexibility index (Phi) is 1.38. The lowest BCUT2D eigenvalue weighted by Crippen LogP contribution is -2.20. The van der Waals surface area contributed by atoms with Gasteiger partial charge in [-0.25, -0.2) is 9.97 Å². The van der Waals surface area contributed by atoms with Crippen molar-refractivity contribution in [3.63, 3.8) is 0 Å². The van der Waals surface area contributed by atoms with E-state index in [0.29, 0.717) is 6.61 Å². The van der Waals surface area contributed by atoms with Crippen LogP contribution in [0.5, 0.6) is 5.75 Å². The minimum Gasteiger partial charge on any atom is -0.486 e. The van der Waals surface area contributed by atoms with E-state index in [1.54, 1.807) is 0 Å². The van der Waals surface area contributed by atoms with Gasteiger partial charge in [0.05, 0.1) is 12.2 Å². The fourth-order valence-electron chi connectivity index (χ4n) is 1.08. The van der Waals surface area contributed by atoms with Crippen LogP contribution in [0.2, 0.25) is 0 Å². The van der Waals surface area contributed by atoms with Gasteiger partial charge in [-0.1, -0.05) is 0 Å². The fourth-order valence-corrected chi connectivity index (χ4v) is 1.08. The second-order valence-electron chi connectivity index (χ2n) is 2.41. The Hall–Kier alpha value is -1.32. The van der Waals surface area contributed by atoms with Gasteiger partial charge < -0.3 is 10.1 Å². The van der Waals surface area contributed by atoms with E-state index in [-0.39, 0.29) is 0 Å². The van der Waals surface area contributed by atoms with E-state index in [9.17, 15) is 0 Å². The molecule has 4 nitrogen and oxygen atoms in total. The molecule has 1 aliphatic heterocycles. The highest BCUT2D eigenvalue weighted by Crippen LogP contribution is 2.25. The van der Waals surface area contributed by atoms with Crippen LogP contribution in [0.15, 0.2) is 6.33 Å². The summed E-state index contributed by atoms with van der Waals surface area (Å²) in [4.78, 5) is 8.05. The van der Waals surface area contributed by atoms with Crippen molar-refractivity contribution in [3.8, 4) is 5.75 Å². The molecule has 4 heteroatoms. The van der Waals surface area contributed by atoms with Gasteiger partial charge in [0.15, 0.2) is 11.6 Å². The highest BCUT2D eigenvalue weighted by atomic mass is 16.5. The normalized spacial score (nSPS) is 14.6. The Labute approximate surface area is 64.6 Å². The average Bonchev–Trinajstić information content (AvgIpc) is 2.06. The van der Waals surface area contributed by atoms with E-state index >= 15 is 0 Å². The summed E-state index contributed by atoms with van der Waals surface area (Å²) in [6, 6.07) is 0. The molecule has 1 aromatic rings. The lowest BCUT2D eigenvalue weighted by molar-refractivity contribution is 0.317. The van der Waals surface area contributed by atoms with Crippen LogP contribution >= 0.6 is 0 Å². The van der Waals surface area contributed by atoms with Crippen LogP contribution in [0.3, 0.4) is 0 Å². The van der Waals surface area contributed by atoms with Gasteiger partial charge in [-0.3, -0.25) is 0 Å². The molecule has 0 radical (unpaired) electrons. The Morgan fingerprint density at radius 1 is 1.55 bits per heavy atom. The number of aromatic nitrogens is 2. The Bertz CT molecular complexity index is 274. The molecule has 0 saturated heterocycles. The molecule has 11 heavy (non-hydrogen) atoms. The third-order valence-corrected chi connectivity index (χ3v) is 1.62. The van der Waals surface area contributed by atoms with Crippen molar-refractivity contribution in [1.29, 1.82) is 0 Å². The molecule has 1 N–H and O–H groups in total. The number of ether oxygens (including phenoxy) is 1. The first-order valence-electron chi connectivity index (χ1n) is 3.56. The number of aryl methyl sites for hydroxylation is 1. The highest BCUT2D eigenvalue weighted by molar-refractivity contribution is 5.52. The van der Waals surface area contributed by atoms with Crippen molar-refractivity contribution < 1.29 is 4.74 Å². The van der Waals surface area contributed by atoms with Crippen LogP contribution < -0.4 is 10.1 Å². The van der Waals surface area contributed by atoms with Crippen molar-refractivity contribution >= 4 is 5.82 Å². The maximum absolute atomic E-state index is 5.37. The molecule has 0 aromatic carbocycles. The molecule has 0 fully saturated rings. The van der Waals surface area contributed by atoms with E-state index in [1.807, 2.05) is 6.92 Å². The minimum atomic E-state index is 0.696. The summed E-state index contributed by atoms with van der Waals surface area (Å²) in [6.45, 7) is 3.43. The third kappa shape index (κ3) is 1.00. The molecular weight excluding hydrogens is 142 g/mol. The van der Waals surface area contributed by atoms with Crippen LogP contribution in [0, 0.1) is 6.92 Å². The zero-order valence-corrected chi connectivity index (χ0v) is 6.29. The molecule has 0 bridgehead atoms. The van der Waals surface area contributed by atoms with Crippen LogP contribution in [0.4, 0.5) is 5.82 Å². The molecule has 0 unspecified atom stereocenters. The first-order valence-corrected chi connectivity index (χ1v) is 3.56. The summed E-state index contributed by atoms with van der Waals surface area (Å²) in [6.07, 6.45) is 1.54. The van der Waals surface area contributed by atoms with Crippen molar-refractivity contribution in [1.82, 2.24) is 9.97 Å². The molecule has 0 spiro atoms. The van der Waals surface area contributed by atoms with Crippen molar-refractivity contribution in [2.75, 3.05) is 18.5 Å². The first kappa shape index (κ1) is 6.39. The van der Waals surface area contributed by atoms with Gasteiger partial charge in [-0.05, 0) is 6.92 Å². The first-order chi connectivity index (χ1) is 5.38. The van der Waals surface area contributed by atoms with Gasteiger partial charge in [0.1, 0.15) is 12.9 Å². The summed E-state index contributed by atoms with van der Waals surface area (Å²) in [5.74, 6) is 1.60. The number of nitrogens with zero attached hydrogens (tertiary/aromatic N) is 2. The molecule has 1 aromatic heterocycles. The molecule has 2 rings (SSSR count). The van der Waals surface area contributed by atoms with Crippen LogP contribution in [0.1, 0.15) is 5.69 Å². The van der Waals surface area contributed by atoms with E-state index in [2.05, 4.69) is 15.3 Å². The quantitative estimate of drug-likeness (QED) is 0.589. The summed E-state index contributed by atoms with van der Waals surface area (Å²) in [5, 5.41) is 3.13. The number of fused-ring (bicyclic) bond motifs is 1. The molecule has 0 aliphatic carbocycles. The van der Waals surface area contributed by atoms with Gasteiger partial charge in [0.25, 0.3) is 0 Å². The summed E-state index contributed by atoms with van der Waals surface area (Å²) in [7, 11) is 0.